The monoisotopic (exact) mass is 644 g/mol. The van der Waals surface area contributed by atoms with Gasteiger partial charge in [-0.25, -0.2) is 9.97 Å². The van der Waals surface area contributed by atoms with E-state index in [1.54, 1.807) is 17.7 Å². The molecule has 0 saturated carbocycles. The molecule has 5 heteroatoms. The number of nitrogens with zero attached hydrogens (tertiary/aromatic N) is 4. The van der Waals surface area contributed by atoms with Gasteiger partial charge in [0.25, 0.3) is 0 Å². The van der Waals surface area contributed by atoms with Crippen molar-refractivity contribution >= 4 is 53.4 Å². The molecule has 0 aliphatic rings. The summed E-state index contributed by atoms with van der Waals surface area (Å²) in [5.74, 6) is 0.889. The van der Waals surface area contributed by atoms with Crippen LogP contribution in [0.2, 0.25) is 0 Å². The van der Waals surface area contributed by atoms with Crippen molar-refractivity contribution in [3.8, 4) is 45.1 Å². The van der Waals surface area contributed by atoms with E-state index in [2.05, 4.69) is 173 Å². The zero-order valence-corrected chi connectivity index (χ0v) is 27.2. The highest BCUT2D eigenvalue weighted by Crippen LogP contribution is 2.51. The number of rotatable bonds is 5. The zero-order chi connectivity index (χ0) is 32.3. The predicted molar refractivity (Wildman–Crippen MR) is 205 cm³/mol. The Hall–Kier alpha value is -6.30. The molecule has 0 unspecified atom stereocenters. The van der Waals surface area contributed by atoms with Crippen LogP contribution in [0.25, 0.3) is 87.3 Å². The number of benzene rings is 6. The molecular formula is C44H28N4S. The molecule has 0 atom stereocenters. The molecule has 0 aliphatic heterocycles. The number of hydrogen-bond acceptors (Lipinski definition) is 3. The van der Waals surface area contributed by atoms with Gasteiger partial charge in [0, 0.05) is 37.7 Å². The molecule has 10 rings (SSSR count). The quantitative estimate of drug-likeness (QED) is 0.187. The summed E-state index contributed by atoms with van der Waals surface area (Å²) in [7, 11) is 0. The number of hydrogen-bond donors (Lipinski definition) is 0. The molecule has 6 aromatic carbocycles. The summed E-state index contributed by atoms with van der Waals surface area (Å²) in [4.78, 5) is 9.89. The Morgan fingerprint density at radius 3 is 1.55 bits per heavy atom. The fourth-order valence-corrected chi connectivity index (χ4v) is 8.60. The summed E-state index contributed by atoms with van der Waals surface area (Å²) < 4.78 is 7.08. The molecule has 4 aromatic heterocycles. The molecule has 0 saturated heterocycles. The molecule has 0 fully saturated rings. The Bertz CT molecular complexity index is 2810. The predicted octanol–water partition coefficient (Wildman–Crippen LogP) is 11.7. The smallest absolute Gasteiger partial charge is 0.159 e. The molecule has 0 spiro atoms. The average molecular weight is 645 g/mol. The van der Waals surface area contributed by atoms with Crippen LogP contribution in [0, 0.1) is 0 Å². The van der Waals surface area contributed by atoms with Crippen LogP contribution in [0.4, 0.5) is 0 Å². The zero-order valence-electron chi connectivity index (χ0n) is 26.4. The number of thiophene rings is 1. The summed E-state index contributed by atoms with van der Waals surface area (Å²) in [6.07, 6.45) is 1.72. The Morgan fingerprint density at radius 2 is 0.918 bits per heavy atom. The molecule has 0 N–H and O–H groups in total. The first-order chi connectivity index (χ1) is 24.4. The van der Waals surface area contributed by atoms with Crippen molar-refractivity contribution in [2.45, 2.75) is 0 Å². The van der Waals surface area contributed by atoms with E-state index in [4.69, 9.17) is 9.97 Å². The Morgan fingerprint density at radius 1 is 0.429 bits per heavy atom. The third-order valence-electron chi connectivity index (χ3n) is 9.46. The molecule has 4 nitrogen and oxygen atoms in total. The highest BCUT2D eigenvalue weighted by Gasteiger charge is 2.29. The van der Waals surface area contributed by atoms with Gasteiger partial charge in [-0.15, -0.1) is 11.3 Å². The summed E-state index contributed by atoms with van der Waals surface area (Å²) in [6.45, 7) is 0. The van der Waals surface area contributed by atoms with Gasteiger partial charge in [0.1, 0.15) is 6.33 Å². The standard InChI is InChI=1S/C44H28N4S/c1-4-16-29(17-5-1)41-38(32-22-10-13-25-35(32)47(41)31-20-8-3-9-21-31)39-33-23-11-14-26-36(33)48(42(39)30-18-6-2-7-19-30)44-43-40(45-28-46-44)34-24-12-15-27-37(34)49-43/h1-28H. The lowest BCUT2D eigenvalue weighted by Crippen LogP contribution is -2.01. The van der Waals surface area contributed by atoms with Crippen molar-refractivity contribution in [1.82, 2.24) is 19.1 Å². The fraction of sp³-hybridized carbons (Fsp3) is 0. The lowest BCUT2D eigenvalue weighted by molar-refractivity contribution is 1.05. The van der Waals surface area contributed by atoms with Crippen molar-refractivity contribution in [2.24, 2.45) is 0 Å². The van der Waals surface area contributed by atoms with E-state index in [0.29, 0.717) is 0 Å². The van der Waals surface area contributed by atoms with Crippen LogP contribution in [0.3, 0.4) is 0 Å². The molecule has 10 aromatic rings. The maximum Gasteiger partial charge on any atom is 0.159 e. The normalized spacial score (nSPS) is 11.7. The lowest BCUT2D eigenvalue weighted by Gasteiger charge is -2.15. The van der Waals surface area contributed by atoms with Gasteiger partial charge in [-0.3, -0.25) is 4.57 Å². The number of para-hydroxylation sites is 3. The molecule has 0 amide bonds. The fourth-order valence-electron chi connectivity index (χ4n) is 7.46. The maximum absolute atomic E-state index is 5.07. The Labute approximate surface area is 286 Å². The largest absolute Gasteiger partial charge is 0.309 e. The summed E-state index contributed by atoms with van der Waals surface area (Å²) in [5, 5.41) is 3.52. The summed E-state index contributed by atoms with van der Waals surface area (Å²) in [6, 6.07) is 58.4. The van der Waals surface area contributed by atoms with Crippen LogP contribution in [0.15, 0.2) is 170 Å². The lowest BCUT2D eigenvalue weighted by atomic mass is 9.93. The molecule has 0 aliphatic carbocycles. The SMILES string of the molecule is c1ccc(-c2c(-c3c(-c4ccccc4)n(-c4ncnc5c4sc4ccccc45)c4ccccc34)c3ccccc3n2-c2ccccc2)cc1. The topological polar surface area (TPSA) is 35.6 Å². The van der Waals surface area contributed by atoms with E-state index in [0.717, 1.165) is 60.7 Å². The van der Waals surface area contributed by atoms with Crippen molar-refractivity contribution in [3.05, 3.63) is 170 Å². The van der Waals surface area contributed by atoms with Crippen LogP contribution in [0.1, 0.15) is 0 Å². The van der Waals surface area contributed by atoms with Gasteiger partial charge in [0.2, 0.25) is 0 Å². The van der Waals surface area contributed by atoms with E-state index in [1.807, 2.05) is 0 Å². The Balaban J connectivity index is 1.43. The second kappa shape index (κ2) is 11.2. The second-order valence-corrected chi connectivity index (χ2v) is 13.2. The van der Waals surface area contributed by atoms with Crippen LogP contribution in [0.5, 0.6) is 0 Å². The number of aromatic nitrogens is 4. The van der Waals surface area contributed by atoms with Gasteiger partial charge in [0.05, 0.1) is 32.6 Å². The van der Waals surface area contributed by atoms with Gasteiger partial charge in [0.15, 0.2) is 5.82 Å². The van der Waals surface area contributed by atoms with E-state index >= 15 is 0 Å². The van der Waals surface area contributed by atoms with Gasteiger partial charge in [-0.05, 0) is 41.5 Å². The van der Waals surface area contributed by atoms with Crippen molar-refractivity contribution < 1.29 is 0 Å². The van der Waals surface area contributed by atoms with Gasteiger partial charge in [-0.1, -0.05) is 133 Å². The maximum atomic E-state index is 5.07. The minimum Gasteiger partial charge on any atom is -0.309 e. The van der Waals surface area contributed by atoms with Crippen molar-refractivity contribution in [2.75, 3.05) is 0 Å². The molecule has 49 heavy (non-hydrogen) atoms. The van der Waals surface area contributed by atoms with Gasteiger partial charge < -0.3 is 4.57 Å². The molecule has 4 heterocycles. The van der Waals surface area contributed by atoms with Crippen LogP contribution >= 0.6 is 11.3 Å². The minimum absolute atomic E-state index is 0.889. The molecule has 0 radical (unpaired) electrons. The van der Waals surface area contributed by atoms with E-state index in [1.165, 1.54) is 26.6 Å². The summed E-state index contributed by atoms with van der Waals surface area (Å²) in [5.41, 5.74) is 11.3. The highest BCUT2D eigenvalue weighted by atomic mass is 32.1. The Kier molecular flexibility index (Phi) is 6.32. The average Bonchev–Trinajstić information content (AvgIpc) is 3.84. The third kappa shape index (κ3) is 4.23. The van der Waals surface area contributed by atoms with Crippen LogP contribution in [-0.4, -0.2) is 19.1 Å². The number of fused-ring (bicyclic) bond motifs is 5. The van der Waals surface area contributed by atoms with Crippen molar-refractivity contribution in [3.63, 3.8) is 0 Å². The second-order valence-electron chi connectivity index (χ2n) is 12.2. The van der Waals surface area contributed by atoms with Gasteiger partial charge in [-0.2, -0.15) is 0 Å². The molecule has 0 bridgehead atoms. The minimum atomic E-state index is 0.889. The van der Waals surface area contributed by atoms with Crippen LogP contribution in [-0.2, 0) is 0 Å². The summed E-state index contributed by atoms with van der Waals surface area (Å²) >= 11 is 1.75. The van der Waals surface area contributed by atoms with Gasteiger partial charge >= 0.3 is 0 Å². The molecule has 230 valence electrons. The highest BCUT2D eigenvalue weighted by molar-refractivity contribution is 7.26. The van der Waals surface area contributed by atoms with Crippen molar-refractivity contribution in [1.29, 1.82) is 0 Å². The first kappa shape index (κ1) is 27.8. The van der Waals surface area contributed by atoms with E-state index in [9.17, 15) is 0 Å². The van der Waals surface area contributed by atoms with Crippen LogP contribution < -0.4 is 0 Å². The first-order valence-corrected chi connectivity index (χ1v) is 17.2. The first-order valence-electron chi connectivity index (χ1n) is 16.4. The van der Waals surface area contributed by atoms with E-state index < -0.39 is 0 Å². The molecular weight excluding hydrogens is 617 g/mol. The van der Waals surface area contributed by atoms with E-state index in [-0.39, 0.29) is 0 Å². The third-order valence-corrected chi connectivity index (χ3v) is 10.6.